The molecule has 3 aromatic rings. The van der Waals surface area contributed by atoms with E-state index in [1.807, 2.05) is 18.3 Å². The van der Waals surface area contributed by atoms with Crippen LogP contribution in [0.5, 0.6) is 0 Å². The third-order valence-electron chi connectivity index (χ3n) is 5.17. The summed E-state index contributed by atoms with van der Waals surface area (Å²) < 4.78 is 25.4. The molecule has 1 saturated heterocycles. The molecular formula is C20H24ClN3O2S. The Labute approximate surface area is 166 Å². The van der Waals surface area contributed by atoms with E-state index >= 15 is 0 Å². The number of aryl methyl sites for hydroxylation is 1. The van der Waals surface area contributed by atoms with Crippen LogP contribution in [0, 0.1) is 6.92 Å². The number of pyridine rings is 1. The fraction of sp³-hybridized carbons (Fsp3) is 0.350. The predicted molar refractivity (Wildman–Crippen MR) is 111 cm³/mol. The lowest BCUT2D eigenvalue weighted by atomic mass is 9.90. The van der Waals surface area contributed by atoms with Gasteiger partial charge >= 0.3 is 0 Å². The van der Waals surface area contributed by atoms with Crippen LogP contribution in [-0.2, 0) is 9.84 Å². The molecule has 1 aliphatic heterocycles. The lowest BCUT2D eigenvalue weighted by molar-refractivity contribution is 0.460. The van der Waals surface area contributed by atoms with Gasteiger partial charge in [0.15, 0.2) is 9.84 Å². The average molecular weight is 406 g/mol. The minimum atomic E-state index is -3.18. The van der Waals surface area contributed by atoms with E-state index in [0.29, 0.717) is 10.8 Å². The molecule has 7 heteroatoms. The zero-order chi connectivity index (χ0) is 18.3. The summed E-state index contributed by atoms with van der Waals surface area (Å²) in [7, 11) is -3.18. The Hall–Kier alpha value is -1.89. The molecule has 0 unspecified atom stereocenters. The summed E-state index contributed by atoms with van der Waals surface area (Å²) in [6.45, 7) is 4.25. The number of imidazole rings is 1. The first-order chi connectivity index (χ1) is 12.4. The lowest BCUT2D eigenvalue weighted by Gasteiger charge is -2.23. The molecule has 1 N–H and O–H groups in total. The minimum Gasteiger partial charge on any atom is -0.317 e. The van der Waals surface area contributed by atoms with E-state index in [2.05, 4.69) is 28.8 Å². The largest absolute Gasteiger partial charge is 0.317 e. The third-order valence-corrected chi connectivity index (χ3v) is 6.30. The molecule has 2 aromatic heterocycles. The fourth-order valence-electron chi connectivity index (χ4n) is 3.68. The van der Waals surface area contributed by atoms with Gasteiger partial charge in [-0.25, -0.2) is 13.4 Å². The smallest absolute Gasteiger partial charge is 0.175 e. The molecule has 27 heavy (non-hydrogen) atoms. The second-order valence-corrected chi connectivity index (χ2v) is 9.12. The highest BCUT2D eigenvalue weighted by atomic mass is 35.5. The van der Waals surface area contributed by atoms with E-state index in [-0.39, 0.29) is 12.4 Å². The van der Waals surface area contributed by atoms with Gasteiger partial charge in [0.05, 0.1) is 10.6 Å². The number of nitrogens with one attached hydrogen (secondary N) is 1. The van der Waals surface area contributed by atoms with Crippen LogP contribution in [-0.4, -0.2) is 37.1 Å². The quantitative estimate of drug-likeness (QED) is 0.723. The van der Waals surface area contributed by atoms with Crippen molar-refractivity contribution in [3.63, 3.8) is 0 Å². The van der Waals surface area contributed by atoms with Crippen molar-refractivity contribution in [2.24, 2.45) is 0 Å². The number of fused-ring (bicyclic) bond motifs is 1. The normalized spacial score (nSPS) is 15.6. The van der Waals surface area contributed by atoms with Crippen LogP contribution in [0.15, 0.2) is 47.5 Å². The molecule has 0 aliphatic carbocycles. The van der Waals surface area contributed by atoms with E-state index in [4.69, 9.17) is 4.98 Å². The lowest BCUT2D eigenvalue weighted by Crippen LogP contribution is -2.26. The number of aromatic nitrogens is 2. The highest BCUT2D eigenvalue weighted by Gasteiger charge is 2.17. The maximum atomic E-state index is 11.6. The van der Waals surface area contributed by atoms with Gasteiger partial charge in [-0.05, 0) is 68.6 Å². The molecule has 144 valence electrons. The molecule has 0 radical (unpaired) electrons. The van der Waals surface area contributed by atoms with Gasteiger partial charge in [0.25, 0.3) is 0 Å². The van der Waals surface area contributed by atoms with E-state index in [1.54, 1.807) is 12.1 Å². The predicted octanol–water partition coefficient (Wildman–Crippen LogP) is 3.60. The van der Waals surface area contributed by atoms with Gasteiger partial charge in [0.1, 0.15) is 5.65 Å². The molecule has 5 nitrogen and oxygen atoms in total. The molecule has 0 spiro atoms. The SMILES string of the molecule is Cc1cc(C2CCNCC2)cc2nc(-c3ccc(S(C)(=O)=O)cc3)cn12.Cl. The van der Waals surface area contributed by atoms with Crippen molar-refractivity contribution in [1.82, 2.24) is 14.7 Å². The minimum absolute atomic E-state index is 0. The summed E-state index contributed by atoms with van der Waals surface area (Å²) in [4.78, 5) is 5.12. The number of hydrogen-bond donors (Lipinski definition) is 1. The van der Waals surface area contributed by atoms with Crippen LogP contribution in [0.25, 0.3) is 16.9 Å². The summed E-state index contributed by atoms with van der Waals surface area (Å²) >= 11 is 0. The number of piperidine rings is 1. The zero-order valence-corrected chi connectivity index (χ0v) is 17.1. The topological polar surface area (TPSA) is 63.5 Å². The fourth-order valence-corrected chi connectivity index (χ4v) is 4.31. The van der Waals surface area contributed by atoms with Crippen LogP contribution < -0.4 is 5.32 Å². The van der Waals surface area contributed by atoms with Gasteiger partial charge in [-0.3, -0.25) is 0 Å². The van der Waals surface area contributed by atoms with Crippen LogP contribution in [0.1, 0.15) is 30.0 Å². The number of halogens is 1. The van der Waals surface area contributed by atoms with Crippen molar-refractivity contribution in [3.8, 4) is 11.3 Å². The van der Waals surface area contributed by atoms with Crippen molar-refractivity contribution in [2.45, 2.75) is 30.6 Å². The molecule has 3 heterocycles. The number of sulfone groups is 1. The van der Waals surface area contributed by atoms with Crippen LogP contribution in [0.2, 0.25) is 0 Å². The van der Waals surface area contributed by atoms with E-state index in [0.717, 1.165) is 42.8 Å². The second kappa shape index (κ2) is 7.62. The van der Waals surface area contributed by atoms with E-state index in [1.165, 1.54) is 17.5 Å². The highest BCUT2D eigenvalue weighted by molar-refractivity contribution is 7.90. The van der Waals surface area contributed by atoms with Crippen molar-refractivity contribution >= 4 is 27.9 Å². The number of nitrogens with zero attached hydrogens (tertiary/aromatic N) is 2. The third kappa shape index (κ3) is 4.03. The van der Waals surface area contributed by atoms with Gasteiger partial charge in [0.2, 0.25) is 0 Å². The van der Waals surface area contributed by atoms with Gasteiger partial charge in [0, 0.05) is 23.7 Å². The average Bonchev–Trinajstić information content (AvgIpc) is 3.07. The van der Waals surface area contributed by atoms with Crippen molar-refractivity contribution < 1.29 is 8.42 Å². The zero-order valence-electron chi connectivity index (χ0n) is 15.5. The molecule has 0 atom stereocenters. The van der Waals surface area contributed by atoms with Gasteiger partial charge in [-0.2, -0.15) is 0 Å². The monoisotopic (exact) mass is 405 g/mol. The van der Waals surface area contributed by atoms with Gasteiger partial charge in [-0.1, -0.05) is 12.1 Å². The summed E-state index contributed by atoms with van der Waals surface area (Å²) in [5.74, 6) is 0.592. The molecule has 0 bridgehead atoms. The number of rotatable bonds is 3. The maximum absolute atomic E-state index is 11.6. The molecule has 0 amide bonds. The summed E-state index contributed by atoms with van der Waals surface area (Å²) in [5, 5.41) is 3.41. The van der Waals surface area contributed by atoms with E-state index < -0.39 is 9.84 Å². The Bertz CT molecular complexity index is 1050. The van der Waals surface area contributed by atoms with Crippen LogP contribution in [0.4, 0.5) is 0 Å². The van der Waals surface area contributed by atoms with Crippen LogP contribution in [0.3, 0.4) is 0 Å². The summed E-state index contributed by atoms with van der Waals surface area (Å²) in [5.41, 5.74) is 5.25. The van der Waals surface area contributed by atoms with Crippen molar-refractivity contribution in [2.75, 3.05) is 19.3 Å². The first-order valence-electron chi connectivity index (χ1n) is 8.93. The molecule has 0 saturated carbocycles. The molecule has 1 aromatic carbocycles. The molecule has 4 rings (SSSR count). The number of benzene rings is 1. The molecule has 1 fully saturated rings. The van der Waals surface area contributed by atoms with Crippen molar-refractivity contribution in [1.29, 1.82) is 0 Å². The van der Waals surface area contributed by atoms with Gasteiger partial charge in [-0.15, -0.1) is 12.4 Å². The van der Waals surface area contributed by atoms with Crippen LogP contribution >= 0.6 is 12.4 Å². The Kier molecular flexibility index (Phi) is 5.60. The molecule has 1 aliphatic rings. The first kappa shape index (κ1) is 19.9. The van der Waals surface area contributed by atoms with Crippen molar-refractivity contribution in [3.05, 3.63) is 53.9 Å². The second-order valence-electron chi connectivity index (χ2n) is 7.11. The summed E-state index contributed by atoms with van der Waals surface area (Å²) in [6, 6.07) is 11.4. The first-order valence-corrected chi connectivity index (χ1v) is 10.8. The summed E-state index contributed by atoms with van der Waals surface area (Å²) in [6.07, 6.45) is 5.57. The Morgan fingerprint density at radius 3 is 2.41 bits per heavy atom. The highest BCUT2D eigenvalue weighted by Crippen LogP contribution is 2.29. The van der Waals surface area contributed by atoms with Gasteiger partial charge < -0.3 is 9.72 Å². The number of hydrogen-bond acceptors (Lipinski definition) is 4. The standard InChI is InChI=1S/C20H23N3O2S.ClH/c1-14-11-17(15-7-9-21-10-8-15)12-20-22-19(13-23(14)20)16-3-5-18(6-4-16)26(2,24)25;/h3-6,11-13,15,21H,7-10H2,1-2H3;1H. The Morgan fingerprint density at radius 2 is 1.78 bits per heavy atom. The Balaban J connectivity index is 0.00000210. The Morgan fingerprint density at radius 1 is 1.11 bits per heavy atom. The maximum Gasteiger partial charge on any atom is 0.175 e. The molecular weight excluding hydrogens is 382 g/mol. The van der Waals surface area contributed by atoms with E-state index in [9.17, 15) is 8.42 Å².